The molecule has 9 heteroatoms. The maximum Gasteiger partial charge on any atom is 0.328 e. The van der Waals surface area contributed by atoms with Crippen LogP contribution in [-0.2, 0) is 20.7 Å². The fourth-order valence-electron chi connectivity index (χ4n) is 3.15. The number of nitrogens with one attached hydrogen (secondary N) is 1. The topological polar surface area (TPSA) is 166 Å². The zero-order valence-corrected chi connectivity index (χ0v) is 19.1. The van der Waals surface area contributed by atoms with Gasteiger partial charge in [0.2, 0.25) is 5.91 Å². The van der Waals surface area contributed by atoms with Crippen LogP contribution in [0.25, 0.3) is 0 Å². The van der Waals surface area contributed by atoms with Gasteiger partial charge in [-0.15, -0.1) is 0 Å². The summed E-state index contributed by atoms with van der Waals surface area (Å²) in [6.07, 6.45) is 7.65. The highest BCUT2D eigenvalue weighted by Gasteiger charge is 2.25. The van der Waals surface area contributed by atoms with Crippen LogP contribution in [0, 0.1) is 0 Å². The number of nitrogens with two attached hydrogens (primary N) is 3. The minimum Gasteiger partial charge on any atom is -0.508 e. The maximum absolute atomic E-state index is 12.7. The van der Waals surface area contributed by atoms with Gasteiger partial charge in [0.1, 0.15) is 11.8 Å². The number of guanidine groups is 1. The minimum atomic E-state index is -0.865. The zero-order valence-electron chi connectivity index (χ0n) is 19.1. The molecule has 180 valence electrons. The van der Waals surface area contributed by atoms with E-state index in [1.165, 1.54) is 31.4 Å². The van der Waals surface area contributed by atoms with Gasteiger partial charge in [0, 0.05) is 13.0 Å². The molecule has 0 bridgehead atoms. The molecule has 0 unspecified atom stereocenters. The van der Waals surface area contributed by atoms with Crippen molar-refractivity contribution in [2.75, 3.05) is 13.2 Å². The number of rotatable bonds is 16. The van der Waals surface area contributed by atoms with E-state index in [-0.39, 0.29) is 18.1 Å². The van der Waals surface area contributed by atoms with Crippen LogP contribution in [-0.4, -0.2) is 48.2 Å². The molecular weight excluding hydrogens is 410 g/mol. The van der Waals surface area contributed by atoms with Crippen molar-refractivity contribution in [3.63, 3.8) is 0 Å². The first-order chi connectivity index (χ1) is 15.3. The summed E-state index contributed by atoms with van der Waals surface area (Å²) in [6.45, 7) is 2.86. The first kappa shape index (κ1) is 27.2. The first-order valence-corrected chi connectivity index (χ1v) is 11.4. The van der Waals surface area contributed by atoms with Crippen LogP contribution in [0.5, 0.6) is 5.75 Å². The Bertz CT molecular complexity index is 705. The summed E-state index contributed by atoms with van der Waals surface area (Å²) < 4.78 is 5.42. The molecular formula is C23H39N5O4. The van der Waals surface area contributed by atoms with Gasteiger partial charge in [-0.3, -0.25) is 9.79 Å². The predicted octanol–water partition coefficient (Wildman–Crippen LogP) is 1.70. The smallest absolute Gasteiger partial charge is 0.328 e. The molecule has 2 atom stereocenters. The zero-order chi connectivity index (χ0) is 23.8. The van der Waals surface area contributed by atoms with Gasteiger partial charge >= 0.3 is 5.97 Å². The fraction of sp³-hybridized carbons (Fsp3) is 0.609. The number of ether oxygens (including phenoxy) is 1. The Morgan fingerprint density at radius 1 is 1.06 bits per heavy atom. The van der Waals surface area contributed by atoms with E-state index in [1.807, 2.05) is 0 Å². The molecule has 1 aromatic carbocycles. The summed E-state index contributed by atoms with van der Waals surface area (Å²) >= 11 is 0. The maximum atomic E-state index is 12.7. The standard InChI is InChI=1S/C23H39N5O4/c1-2-3-4-5-6-7-15-32-22(31)20(16-17-10-12-18(29)13-11-17)28-21(30)19(24)9-8-14-27-23(25)26/h10-13,19-20,29H,2-9,14-16,24H2,1H3,(H,28,30)(H4,25,26,27)/t19-,20-/m0/s1. The van der Waals surface area contributed by atoms with Crippen molar-refractivity contribution in [2.45, 2.75) is 76.8 Å². The van der Waals surface area contributed by atoms with Crippen molar-refractivity contribution in [1.82, 2.24) is 5.32 Å². The molecule has 0 saturated heterocycles. The largest absolute Gasteiger partial charge is 0.508 e. The van der Waals surface area contributed by atoms with Crippen molar-refractivity contribution in [3.8, 4) is 5.75 Å². The Kier molecular flexibility index (Phi) is 13.5. The summed E-state index contributed by atoms with van der Waals surface area (Å²) in [6, 6.07) is 4.81. The number of carbonyl (C=O) groups excluding carboxylic acids is 2. The van der Waals surface area contributed by atoms with Crippen LogP contribution in [0.3, 0.4) is 0 Å². The van der Waals surface area contributed by atoms with Crippen molar-refractivity contribution in [3.05, 3.63) is 29.8 Å². The Balaban J connectivity index is 2.60. The number of aliphatic imine (C=N–C) groups is 1. The molecule has 0 aromatic heterocycles. The van der Waals surface area contributed by atoms with Gasteiger partial charge in [0.05, 0.1) is 12.6 Å². The van der Waals surface area contributed by atoms with Crippen LogP contribution in [0.15, 0.2) is 29.3 Å². The van der Waals surface area contributed by atoms with E-state index in [0.717, 1.165) is 24.8 Å². The van der Waals surface area contributed by atoms with Gasteiger partial charge in [-0.2, -0.15) is 0 Å². The summed E-state index contributed by atoms with van der Waals surface area (Å²) in [5, 5.41) is 12.2. The fourth-order valence-corrected chi connectivity index (χ4v) is 3.15. The molecule has 0 spiro atoms. The van der Waals surface area contributed by atoms with Crippen molar-refractivity contribution < 1.29 is 19.4 Å². The molecule has 0 heterocycles. The van der Waals surface area contributed by atoms with Crippen LogP contribution >= 0.6 is 0 Å². The van der Waals surface area contributed by atoms with E-state index in [4.69, 9.17) is 21.9 Å². The number of carbonyl (C=O) groups is 2. The molecule has 1 aromatic rings. The van der Waals surface area contributed by atoms with Gasteiger partial charge in [-0.25, -0.2) is 4.79 Å². The highest BCUT2D eigenvalue weighted by Crippen LogP contribution is 2.13. The SMILES string of the molecule is CCCCCCCCOC(=O)[C@H](Cc1ccc(O)cc1)NC(=O)[C@@H](N)CCCN=C(N)N. The summed E-state index contributed by atoms with van der Waals surface area (Å²) in [7, 11) is 0. The van der Waals surface area contributed by atoms with Crippen molar-refractivity contribution in [1.29, 1.82) is 0 Å². The number of hydrogen-bond acceptors (Lipinski definition) is 6. The highest BCUT2D eigenvalue weighted by molar-refractivity contribution is 5.87. The average Bonchev–Trinajstić information content (AvgIpc) is 2.76. The third-order valence-corrected chi connectivity index (χ3v) is 5.02. The molecule has 1 amide bonds. The molecule has 1 rings (SSSR count). The number of esters is 1. The number of benzene rings is 1. The lowest BCUT2D eigenvalue weighted by Gasteiger charge is -2.20. The summed E-state index contributed by atoms with van der Waals surface area (Å²) in [5.74, 6) is -0.810. The quantitative estimate of drug-likeness (QED) is 0.111. The molecule has 0 fully saturated rings. The number of amides is 1. The van der Waals surface area contributed by atoms with Crippen LogP contribution < -0.4 is 22.5 Å². The minimum absolute atomic E-state index is 0.00917. The van der Waals surface area contributed by atoms with E-state index in [2.05, 4.69) is 17.2 Å². The lowest BCUT2D eigenvalue weighted by molar-refractivity contribution is -0.148. The number of aromatic hydroxyl groups is 1. The van der Waals surface area contributed by atoms with E-state index >= 15 is 0 Å². The van der Waals surface area contributed by atoms with Crippen LogP contribution in [0.4, 0.5) is 0 Å². The lowest BCUT2D eigenvalue weighted by Crippen LogP contribution is -2.50. The molecule has 0 saturated carbocycles. The van der Waals surface area contributed by atoms with E-state index in [0.29, 0.717) is 26.0 Å². The number of hydrogen-bond donors (Lipinski definition) is 5. The van der Waals surface area contributed by atoms with Gasteiger partial charge < -0.3 is 32.4 Å². The van der Waals surface area contributed by atoms with Gasteiger partial charge in [-0.05, 0) is 37.0 Å². The van der Waals surface area contributed by atoms with Gasteiger partial charge in [0.25, 0.3) is 0 Å². The van der Waals surface area contributed by atoms with E-state index < -0.39 is 24.0 Å². The third kappa shape index (κ3) is 12.1. The number of nitrogens with zero attached hydrogens (tertiary/aromatic N) is 1. The highest BCUT2D eigenvalue weighted by atomic mass is 16.5. The predicted molar refractivity (Wildman–Crippen MR) is 126 cm³/mol. The molecule has 8 N–H and O–H groups in total. The first-order valence-electron chi connectivity index (χ1n) is 11.4. The lowest BCUT2D eigenvalue weighted by atomic mass is 10.0. The normalized spacial score (nSPS) is 12.6. The van der Waals surface area contributed by atoms with Crippen molar-refractivity contribution in [2.24, 2.45) is 22.2 Å². The van der Waals surface area contributed by atoms with Gasteiger partial charge in [-0.1, -0.05) is 51.2 Å². The number of phenolic OH excluding ortho intramolecular Hbond substituents is 1. The summed E-state index contributed by atoms with van der Waals surface area (Å²) in [4.78, 5) is 29.1. The number of unbranched alkanes of at least 4 members (excludes halogenated alkanes) is 5. The monoisotopic (exact) mass is 449 g/mol. The Labute approximate surface area is 190 Å². The average molecular weight is 450 g/mol. The molecule has 0 aliphatic rings. The van der Waals surface area contributed by atoms with E-state index in [9.17, 15) is 14.7 Å². The number of phenols is 1. The molecule has 0 aliphatic heterocycles. The Morgan fingerprint density at radius 2 is 1.72 bits per heavy atom. The Hall–Kier alpha value is -2.81. The molecule has 0 radical (unpaired) electrons. The Morgan fingerprint density at radius 3 is 2.38 bits per heavy atom. The molecule has 32 heavy (non-hydrogen) atoms. The second-order valence-corrected chi connectivity index (χ2v) is 7.92. The summed E-state index contributed by atoms with van der Waals surface area (Å²) in [5.41, 5.74) is 17.3. The van der Waals surface area contributed by atoms with Gasteiger partial charge in [0.15, 0.2) is 5.96 Å². The third-order valence-electron chi connectivity index (χ3n) is 5.02. The molecule has 0 aliphatic carbocycles. The second-order valence-electron chi connectivity index (χ2n) is 7.92. The van der Waals surface area contributed by atoms with Crippen molar-refractivity contribution >= 4 is 17.8 Å². The van der Waals surface area contributed by atoms with Crippen LogP contribution in [0.1, 0.15) is 63.9 Å². The molecule has 9 nitrogen and oxygen atoms in total. The second kappa shape index (κ2) is 15.9. The van der Waals surface area contributed by atoms with Crippen LogP contribution in [0.2, 0.25) is 0 Å². The van der Waals surface area contributed by atoms with E-state index in [1.54, 1.807) is 12.1 Å².